The van der Waals surface area contributed by atoms with Crippen LogP contribution in [0.5, 0.6) is 17.2 Å². The number of para-hydroxylation sites is 1. The lowest BCUT2D eigenvalue weighted by Crippen LogP contribution is -2.13. The fourth-order valence-corrected chi connectivity index (χ4v) is 3.43. The Morgan fingerprint density at radius 3 is 2.14 bits per heavy atom. The van der Waals surface area contributed by atoms with Gasteiger partial charge >= 0.3 is 0 Å². The van der Waals surface area contributed by atoms with Crippen LogP contribution < -0.4 is 19.5 Å². The Kier molecular flexibility index (Phi) is 4.76. The lowest BCUT2D eigenvalue weighted by atomic mass is 10.1. The molecule has 0 aliphatic carbocycles. The van der Waals surface area contributed by atoms with Crippen molar-refractivity contribution in [2.75, 3.05) is 26.6 Å². The summed E-state index contributed by atoms with van der Waals surface area (Å²) in [7, 11) is 4.68. The van der Waals surface area contributed by atoms with Crippen LogP contribution in [0.3, 0.4) is 0 Å². The van der Waals surface area contributed by atoms with Gasteiger partial charge in [0, 0.05) is 28.0 Å². The number of hydrogen-bond donors (Lipinski definition) is 1. The van der Waals surface area contributed by atoms with Gasteiger partial charge in [0.25, 0.3) is 5.91 Å². The molecule has 3 aromatic carbocycles. The minimum absolute atomic E-state index is 0.310. The Labute approximate surface area is 168 Å². The number of benzene rings is 3. The van der Waals surface area contributed by atoms with Gasteiger partial charge in [0.2, 0.25) is 0 Å². The van der Waals surface area contributed by atoms with Crippen molar-refractivity contribution in [3.8, 4) is 17.2 Å². The molecule has 1 aromatic heterocycles. The summed E-state index contributed by atoms with van der Waals surface area (Å²) < 4.78 is 22.2. The number of carbonyl (C=O) groups is 1. The first-order valence-electron chi connectivity index (χ1n) is 9.09. The van der Waals surface area contributed by atoms with E-state index in [9.17, 15) is 4.79 Å². The molecule has 1 N–H and O–H groups in total. The molecule has 0 aliphatic rings. The summed E-state index contributed by atoms with van der Waals surface area (Å²) in [5.41, 5.74) is 3.20. The second-order valence-electron chi connectivity index (χ2n) is 6.61. The van der Waals surface area contributed by atoms with E-state index in [-0.39, 0.29) is 5.91 Å². The van der Waals surface area contributed by atoms with Crippen molar-refractivity contribution in [3.63, 3.8) is 0 Å². The standard InChI is InChI=1S/C23H21NO5/c1-13-19(26-2)9-14(10-20(13)27-3)23(25)24-17-12-21-16(11-22(17)28-4)15-7-5-6-8-18(15)29-21/h5-12H,1-4H3,(H,24,25). The number of furan rings is 1. The van der Waals surface area contributed by atoms with E-state index in [1.165, 1.54) is 0 Å². The number of nitrogens with one attached hydrogen (secondary N) is 1. The second kappa shape index (κ2) is 7.39. The van der Waals surface area contributed by atoms with E-state index in [0.717, 1.165) is 21.9 Å². The molecule has 0 radical (unpaired) electrons. The Bertz CT molecular complexity index is 1200. The largest absolute Gasteiger partial charge is 0.496 e. The van der Waals surface area contributed by atoms with Crippen molar-refractivity contribution in [2.24, 2.45) is 0 Å². The molecule has 0 atom stereocenters. The lowest BCUT2D eigenvalue weighted by Gasteiger charge is -2.14. The molecule has 1 heterocycles. The number of methoxy groups -OCH3 is 3. The van der Waals surface area contributed by atoms with Gasteiger partial charge in [-0.05, 0) is 31.2 Å². The summed E-state index contributed by atoms with van der Waals surface area (Å²) in [4.78, 5) is 12.9. The monoisotopic (exact) mass is 391 g/mol. The van der Waals surface area contributed by atoms with Crippen LogP contribution in [0.15, 0.2) is 52.9 Å². The molecule has 4 rings (SSSR count). The summed E-state index contributed by atoms with van der Waals surface area (Å²) >= 11 is 0. The first-order valence-corrected chi connectivity index (χ1v) is 9.09. The number of fused-ring (bicyclic) bond motifs is 3. The zero-order valence-corrected chi connectivity index (χ0v) is 16.7. The van der Waals surface area contributed by atoms with E-state index in [2.05, 4.69) is 5.32 Å². The quantitative estimate of drug-likeness (QED) is 0.508. The Hall–Kier alpha value is -3.67. The third-order valence-corrected chi connectivity index (χ3v) is 4.96. The normalized spacial score (nSPS) is 10.9. The molecule has 4 aromatic rings. The van der Waals surface area contributed by atoms with Crippen LogP contribution in [0.25, 0.3) is 21.9 Å². The minimum atomic E-state index is -0.310. The molecular weight excluding hydrogens is 370 g/mol. The maximum absolute atomic E-state index is 12.9. The summed E-state index contributed by atoms with van der Waals surface area (Å²) in [6.07, 6.45) is 0. The summed E-state index contributed by atoms with van der Waals surface area (Å²) in [5, 5.41) is 4.82. The molecule has 0 spiro atoms. The highest BCUT2D eigenvalue weighted by Crippen LogP contribution is 2.37. The molecule has 1 amide bonds. The van der Waals surface area contributed by atoms with Crippen molar-refractivity contribution in [1.29, 1.82) is 0 Å². The predicted molar refractivity (Wildman–Crippen MR) is 113 cm³/mol. The smallest absolute Gasteiger partial charge is 0.256 e. The van der Waals surface area contributed by atoms with Gasteiger partial charge in [-0.15, -0.1) is 0 Å². The Morgan fingerprint density at radius 2 is 1.48 bits per heavy atom. The van der Waals surface area contributed by atoms with Gasteiger partial charge in [-0.3, -0.25) is 4.79 Å². The van der Waals surface area contributed by atoms with Crippen LogP contribution in [0.4, 0.5) is 5.69 Å². The zero-order chi connectivity index (χ0) is 20.5. The van der Waals surface area contributed by atoms with Gasteiger partial charge in [0.15, 0.2) is 0 Å². The van der Waals surface area contributed by atoms with Gasteiger partial charge in [0.05, 0.1) is 27.0 Å². The summed E-state index contributed by atoms with van der Waals surface area (Å²) in [6, 6.07) is 14.8. The fourth-order valence-electron chi connectivity index (χ4n) is 3.43. The summed E-state index contributed by atoms with van der Waals surface area (Å²) in [5.74, 6) is 1.39. The topological polar surface area (TPSA) is 69.9 Å². The van der Waals surface area contributed by atoms with Crippen LogP contribution in [0.1, 0.15) is 15.9 Å². The van der Waals surface area contributed by atoms with E-state index < -0.39 is 0 Å². The number of ether oxygens (including phenoxy) is 3. The molecule has 148 valence electrons. The molecule has 0 saturated heterocycles. The summed E-state index contributed by atoms with van der Waals surface area (Å²) in [6.45, 7) is 1.87. The highest BCUT2D eigenvalue weighted by Gasteiger charge is 2.17. The van der Waals surface area contributed by atoms with Crippen LogP contribution in [-0.4, -0.2) is 27.2 Å². The number of hydrogen-bond acceptors (Lipinski definition) is 5. The highest BCUT2D eigenvalue weighted by atomic mass is 16.5. The van der Waals surface area contributed by atoms with Gasteiger partial charge < -0.3 is 23.9 Å². The molecule has 6 nitrogen and oxygen atoms in total. The van der Waals surface area contributed by atoms with Gasteiger partial charge in [-0.25, -0.2) is 0 Å². The van der Waals surface area contributed by atoms with E-state index in [4.69, 9.17) is 18.6 Å². The van der Waals surface area contributed by atoms with Gasteiger partial charge in [-0.1, -0.05) is 18.2 Å². The number of rotatable bonds is 5. The first-order chi connectivity index (χ1) is 14.0. The Morgan fingerprint density at radius 1 is 0.828 bits per heavy atom. The SMILES string of the molecule is COc1cc2c(cc1NC(=O)c1cc(OC)c(C)c(OC)c1)oc1ccccc12. The van der Waals surface area contributed by atoms with Crippen LogP contribution in [-0.2, 0) is 0 Å². The van der Waals surface area contributed by atoms with E-state index in [1.807, 2.05) is 37.3 Å². The molecular formula is C23H21NO5. The minimum Gasteiger partial charge on any atom is -0.496 e. The average Bonchev–Trinajstić information content (AvgIpc) is 3.10. The van der Waals surface area contributed by atoms with Crippen LogP contribution in [0.2, 0.25) is 0 Å². The maximum atomic E-state index is 12.9. The number of carbonyl (C=O) groups excluding carboxylic acids is 1. The fraction of sp³-hybridized carbons (Fsp3) is 0.174. The first kappa shape index (κ1) is 18.7. The number of amides is 1. The van der Waals surface area contributed by atoms with Gasteiger partial charge in [0.1, 0.15) is 28.4 Å². The van der Waals surface area contributed by atoms with E-state index >= 15 is 0 Å². The molecule has 29 heavy (non-hydrogen) atoms. The number of anilines is 1. The van der Waals surface area contributed by atoms with Crippen LogP contribution >= 0.6 is 0 Å². The molecule has 0 unspecified atom stereocenters. The molecule has 0 aliphatic heterocycles. The molecule has 6 heteroatoms. The third-order valence-electron chi connectivity index (χ3n) is 4.96. The van der Waals surface area contributed by atoms with Crippen molar-refractivity contribution in [1.82, 2.24) is 0 Å². The highest BCUT2D eigenvalue weighted by molar-refractivity contribution is 6.10. The van der Waals surface area contributed by atoms with Crippen molar-refractivity contribution < 1.29 is 23.4 Å². The van der Waals surface area contributed by atoms with Crippen molar-refractivity contribution >= 4 is 33.5 Å². The molecule has 0 saturated carbocycles. The average molecular weight is 391 g/mol. The third kappa shape index (κ3) is 3.23. The second-order valence-corrected chi connectivity index (χ2v) is 6.61. The van der Waals surface area contributed by atoms with E-state index in [1.54, 1.807) is 39.5 Å². The van der Waals surface area contributed by atoms with Crippen LogP contribution in [0, 0.1) is 6.92 Å². The Balaban J connectivity index is 1.75. The zero-order valence-electron chi connectivity index (χ0n) is 16.7. The molecule has 0 fully saturated rings. The predicted octanol–water partition coefficient (Wildman–Crippen LogP) is 5.17. The van der Waals surface area contributed by atoms with E-state index in [0.29, 0.717) is 34.1 Å². The maximum Gasteiger partial charge on any atom is 0.256 e. The molecule has 0 bridgehead atoms. The lowest BCUT2D eigenvalue weighted by molar-refractivity contribution is 0.102. The van der Waals surface area contributed by atoms with Crippen molar-refractivity contribution in [3.05, 3.63) is 59.7 Å². The van der Waals surface area contributed by atoms with Gasteiger partial charge in [-0.2, -0.15) is 0 Å². The van der Waals surface area contributed by atoms with Crippen molar-refractivity contribution in [2.45, 2.75) is 6.92 Å².